The van der Waals surface area contributed by atoms with Crippen molar-refractivity contribution in [3.05, 3.63) is 24.0 Å². The highest BCUT2D eigenvalue weighted by Gasteiger charge is 2.34. The Labute approximate surface area is 112 Å². The van der Waals surface area contributed by atoms with Gasteiger partial charge in [-0.2, -0.15) is 4.31 Å². The zero-order valence-corrected chi connectivity index (χ0v) is 11.8. The van der Waals surface area contributed by atoms with Gasteiger partial charge in [-0.25, -0.2) is 12.8 Å². The highest BCUT2D eigenvalue weighted by Crippen LogP contribution is 2.24. The van der Waals surface area contributed by atoms with Crippen molar-refractivity contribution < 1.29 is 12.8 Å². The Morgan fingerprint density at radius 3 is 2.63 bits per heavy atom. The zero-order valence-electron chi connectivity index (χ0n) is 11.0. The van der Waals surface area contributed by atoms with Gasteiger partial charge in [0, 0.05) is 31.4 Å². The van der Waals surface area contributed by atoms with E-state index in [-0.39, 0.29) is 16.6 Å². The normalized spacial score (nSPS) is 22.6. The number of benzene rings is 1. The second-order valence-electron chi connectivity index (χ2n) is 4.92. The summed E-state index contributed by atoms with van der Waals surface area (Å²) in [6.45, 7) is 3.46. The van der Waals surface area contributed by atoms with Crippen LogP contribution in [0.15, 0.2) is 23.1 Å². The van der Waals surface area contributed by atoms with E-state index in [0.29, 0.717) is 19.6 Å². The predicted octanol–water partition coefficient (Wildman–Crippen LogP) is 0.733. The largest absolute Gasteiger partial charge is 0.399 e. The molecule has 106 valence electrons. The first-order chi connectivity index (χ1) is 8.82. The van der Waals surface area contributed by atoms with Crippen molar-refractivity contribution in [3.8, 4) is 0 Å². The van der Waals surface area contributed by atoms with Crippen LogP contribution in [-0.4, -0.2) is 50.3 Å². The zero-order chi connectivity index (χ0) is 14.2. The summed E-state index contributed by atoms with van der Waals surface area (Å²) in [4.78, 5) is 1.74. The molecule has 0 aromatic heterocycles. The van der Waals surface area contributed by atoms with E-state index in [4.69, 9.17) is 5.73 Å². The van der Waals surface area contributed by atoms with Gasteiger partial charge in [-0.05, 0) is 32.2 Å². The second-order valence-corrected chi connectivity index (χ2v) is 6.78. The molecule has 0 aliphatic carbocycles. The van der Waals surface area contributed by atoms with Gasteiger partial charge in [0.15, 0.2) is 0 Å². The number of rotatable bonds is 2. The van der Waals surface area contributed by atoms with E-state index >= 15 is 0 Å². The molecule has 0 bridgehead atoms. The van der Waals surface area contributed by atoms with E-state index in [9.17, 15) is 12.8 Å². The van der Waals surface area contributed by atoms with E-state index in [1.165, 1.54) is 16.4 Å². The van der Waals surface area contributed by atoms with Crippen LogP contribution in [0.3, 0.4) is 0 Å². The van der Waals surface area contributed by atoms with Crippen LogP contribution in [0.25, 0.3) is 0 Å². The average molecular weight is 287 g/mol. The number of piperazine rings is 1. The molecular formula is C12H18FN3O2S. The molecule has 2 rings (SSSR count). The first-order valence-corrected chi connectivity index (χ1v) is 7.52. The van der Waals surface area contributed by atoms with Crippen molar-refractivity contribution in [2.75, 3.05) is 32.4 Å². The molecule has 1 fully saturated rings. The lowest BCUT2D eigenvalue weighted by molar-refractivity contribution is 0.170. The van der Waals surface area contributed by atoms with Crippen LogP contribution in [-0.2, 0) is 10.0 Å². The molecule has 1 unspecified atom stereocenters. The van der Waals surface area contributed by atoms with Gasteiger partial charge in [-0.1, -0.05) is 0 Å². The van der Waals surface area contributed by atoms with Crippen molar-refractivity contribution >= 4 is 15.7 Å². The van der Waals surface area contributed by atoms with Gasteiger partial charge in [0.05, 0.1) is 0 Å². The number of sulfonamides is 1. The molecule has 7 heteroatoms. The monoisotopic (exact) mass is 287 g/mol. The Kier molecular flexibility index (Phi) is 3.80. The quantitative estimate of drug-likeness (QED) is 0.815. The maximum atomic E-state index is 13.8. The fourth-order valence-corrected chi connectivity index (χ4v) is 3.99. The third kappa shape index (κ3) is 2.72. The summed E-state index contributed by atoms with van der Waals surface area (Å²) in [5.41, 5.74) is 5.65. The number of nitrogens with two attached hydrogens (primary N) is 1. The van der Waals surface area contributed by atoms with Crippen molar-refractivity contribution in [2.24, 2.45) is 0 Å². The van der Waals surface area contributed by atoms with E-state index in [2.05, 4.69) is 4.90 Å². The number of anilines is 1. The van der Waals surface area contributed by atoms with Gasteiger partial charge in [0.1, 0.15) is 10.7 Å². The molecule has 1 aromatic carbocycles. The number of nitrogen functional groups attached to an aromatic ring is 1. The van der Waals surface area contributed by atoms with Gasteiger partial charge in [-0.15, -0.1) is 0 Å². The number of nitrogens with zero attached hydrogens (tertiary/aromatic N) is 2. The third-order valence-electron chi connectivity index (χ3n) is 3.31. The van der Waals surface area contributed by atoms with Crippen molar-refractivity contribution in [2.45, 2.75) is 17.9 Å². The van der Waals surface area contributed by atoms with Crippen LogP contribution in [0, 0.1) is 5.82 Å². The lowest BCUT2D eigenvalue weighted by Gasteiger charge is -2.37. The van der Waals surface area contributed by atoms with Gasteiger partial charge in [0.25, 0.3) is 0 Å². The van der Waals surface area contributed by atoms with Gasteiger partial charge >= 0.3 is 0 Å². The molecule has 5 nitrogen and oxygen atoms in total. The molecule has 0 amide bonds. The number of halogens is 1. The van der Waals surface area contributed by atoms with Gasteiger partial charge < -0.3 is 10.6 Å². The standard InChI is InChI=1S/C12H18FN3O2S/c1-9-8-15(2)5-6-16(9)19(17,18)12-4-3-10(14)7-11(12)13/h3-4,7,9H,5-6,8,14H2,1-2H3. The Bertz CT molecular complexity index is 576. The third-order valence-corrected chi connectivity index (χ3v) is 5.36. The summed E-state index contributed by atoms with van der Waals surface area (Å²) in [7, 11) is -1.87. The van der Waals surface area contributed by atoms with Crippen molar-refractivity contribution in [1.82, 2.24) is 9.21 Å². The molecule has 19 heavy (non-hydrogen) atoms. The number of hydrogen-bond acceptors (Lipinski definition) is 4. The highest BCUT2D eigenvalue weighted by atomic mass is 32.2. The van der Waals surface area contributed by atoms with E-state index < -0.39 is 15.8 Å². The summed E-state index contributed by atoms with van der Waals surface area (Å²) in [5.74, 6) is -0.800. The molecule has 1 atom stereocenters. The average Bonchev–Trinajstić information content (AvgIpc) is 2.27. The molecule has 0 spiro atoms. The summed E-state index contributed by atoms with van der Waals surface area (Å²) in [5, 5.41) is 0. The summed E-state index contributed by atoms with van der Waals surface area (Å²) in [6.07, 6.45) is 0. The maximum absolute atomic E-state index is 13.8. The molecule has 0 saturated carbocycles. The fourth-order valence-electron chi connectivity index (χ4n) is 2.33. The minimum atomic E-state index is -3.81. The Hall–Kier alpha value is -1.18. The summed E-state index contributed by atoms with van der Waals surface area (Å²) in [6, 6.07) is 3.48. The first kappa shape index (κ1) is 14.2. The highest BCUT2D eigenvalue weighted by molar-refractivity contribution is 7.89. The van der Waals surface area contributed by atoms with E-state index in [1.807, 2.05) is 14.0 Å². The smallest absolute Gasteiger partial charge is 0.246 e. The molecule has 1 saturated heterocycles. The van der Waals surface area contributed by atoms with Crippen LogP contribution in [0.1, 0.15) is 6.92 Å². The lowest BCUT2D eigenvalue weighted by atomic mass is 10.2. The molecule has 1 aliphatic rings. The molecule has 1 aromatic rings. The molecule has 2 N–H and O–H groups in total. The molecular weight excluding hydrogens is 269 g/mol. The number of hydrogen-bond donors (Lipinski definition) is 1. The number of likely N-dealkylation sites (N-methyl/N-ethyl adjacent to an activating group) is 1. The second kappa shape index (κ2) is 5.07. The molecule has 1 aliphatic heterocycles. The van der Waals surface area contributed by atoms with Gasteiger partial charge in [-0.3, -0.25) is 0 Å². The van der Waals surface area contributed by atoms with E-state index in [1.54, 1.807) is 0 Å². The van der Waals surface area contributed by atoms with Crippen LogP contribution in [0.2, 0.25) is 0 Å². The minimum absolute atomic E-state index is 0.180. The molecule has 1 heterocycles. The van der Waals surface area contributed by atoms with Crippen LogP contribution in [0.5, 0.6) is 0 Å². The maximum Gasteiger partial charge on any atom is 0.246 e. The molecule has 0 radical (unpaired) electrons. The summed E-state index contributed by atoms with van der Waals surface area (Å²) >= 11 is 0. The Morgan fingerprint density at radius 2 is 2.05 bits per heavy atom. The van der Waals surface area contributed by atoms with E-state index in [0.717, 1.165) is 6.07 Å². The van der Waals surface area contributed by atoms with Crippen LogP contribution < -0.4 is 5.73 Å². The fraction of sp³-hybridized carbons (Fsp3) is 0.500. The van der Waals surface area contributed by atoms with Crippen molar-refractivity contribution in [1.29, 1.82) is 0 Å². The Balaban J connectivity index is 2.37. The van der Waals surface area contributed by atoms with Crippen LogP contribution in [0.4, 0.5) is 10.1 Å². The Morgan fingerprint density at radius 1 is 1.37 bits per heavy atom. The lowest BCUT2D eigenvalue weighted by Crippen LogP contribution is -2.52. The first-order valence-electron chi connectivity index (χ1n) is 6.08. The minimum Gasteiger partial charge on any atom is -0.399 e. The topological polar surface area (TPSA) is 66.6 Å². The SMILES string of the molecule is CC1CN(C)CCN1S(=O)(=O)c1ccc(N)cc1F. The predicted molar refractivity (Wildman–Crippen MR) is 71.7 cm³/mol. The van der Waals surface area contributed by atoms with Crippen LogP contribution >= 0.6 is 0 Å². The van der Waals surface area contributed by atoms with Crippen molar-refractivity contribution in [3.63, 3.8) is 0 Å². The van der Waals surface area contributed by atoms with Gasteiger partial charge in [0.2, 0.25) is 10.0 Å². The summed E-state index contributed by atoms with van der Waals surface area (Å²) < 4.78 is 40.1.